The van der Waals surface area contributed by atoms with E-state index >= 15 is 0 Å². The van der Waals surface area contributed by atoms with Crippen LogP contribution in [0.25, 0.3) is 0 Å². The number of rotatable bonds is 4. The van der Waals surface area contributed by atoms with E-state index in [0.717, 1.165) is 25.9 Å². The summed E-state index contributed by atoms with van der Waals surface area (Å²) in [6.45, 7) is 9.61. The van der Waals surface area contributed by atoms with Gasteiger partial charge in [-0.25, -0.2) is 0 Å². The predicted molar refractivity (Wildman–Crippen MR) is 63.9 cm³/mol. The normalized spacial score (nSPS) is 27.6. The molecule has 0 saturated carbocycles. The highest BCUT2D eigenvalue weighted by Crippen LogP contribution is 2.21. The summed E-state index contributed by atoms with van der Waals surface area (Å²) >= 11 is 0. The number of nitrogens with two attached hydrogens (primary N) is 1. The summed E-state index contributed by atoms with van der Waals surface area (Å²) in [7, 11) is 2.17. The third-order valence-corrected chi connectivity index (χ3v) is 2.72. The highest BCUT2D eigenvalue weighted by atomic mass is 16.5. The van der Waals surface area contributed by atoms with E-state index in [2.05, 4.69) is 32.7 Å². The van der Waals surface area contributed by atoms with Gasteiger partial charge in [0.1, 0.15) is 0 Å². The first-order valence-corrected chi connectivity index (χ1v) is 5.95. The lowest BCUT2D eigenvalue weighted by molar-refractivity contribution is 0.0268. The van der Waals surface area contributed by atoms with Gasteiger partial charge in [-0.1, -0.05) is 20.8 Å². The van der Waals surface area contributed by atoms with Gasteiger partial charge in [-0.2, -0.15) is 0 Å². The first-order valence-electron chi connectivity index (χ1n) is 5.95. The summed E-state index contributed by atoms with van der Waals surface area (Å²) in [5, 5.41) is 0. The molecule has 0 aromatic rings. The number of likely N-dealkylation sites (N-methyl/N-ethyl adjacent to an activating group) is 1. The largest absolute Gasteiger partial charge is 0.372 e. The summed E-state index contributed by atoms with van der Waals surface area (Å²) in [6.07, 6.45) is 2.99. The summed E-state index contributed by atoms with van der Waals surface area (Å²) < 4.78 is 5.83. The number of hydrogen-bond acceptors (Lipinski definition) is 3. The minimum absolute atomic E-state index is 0.304. The Hall–Kier alpha value is -0.120. The Morgan fingerprint density at radius 1 is 1.27 bits per heavy atom. The first kappa shape index (κ1) is 12.9. The third kappa shape index (κ3) is 4.96. The van der Waals surface area contributed by atoms with Gasteiger partial charge < -0.3 is 15.4 Å². The van der Waals surface area contributed by atoms with Crippen LogP contribution in [0.4, 0.5) is 0 Å². The summed E-state index contributed by atoms with van der Waals surface area (Å²) in [5.74, 6) is 0. The van der Waals surface area contributed by atoms with Crippen LogP contribution in [0, 0.1) is 5.41 Å². The van der Waals surface area contributed by atoms with E-state index in [1.165, 1.54) is 0 Å². The molecule has 2 unspecified atom stereocenters. The van der Waals surface area contributed by atoms with Crippen molar-refractivity contribution in [2.75, 3.05) is 26.7 Å². The molecular formula is C12H26N2O. The van der Waals surface area contributed by atoms with Crippen molar-refractivity contribution in [1.29, 1.82) is 0 Å². The van der Waals surface area contributed by atoms with Crippen molar-refractivity contribution in [1.82, 2.24) is 4.90 Å². The molecule has 2 N–H and O–H groups in total. The second kappa shape index (κ2) is 5.28. The van der Waals surface area contributed by atoms with Crippen molar-refractivity contribution in [3.05, 3.63) is 0 Å². The molecule has 90 valence electrons. The van der Waals surface area contributed by atoms with Crippen LogP contribution in [0.15, 0.2) is 0 Å². The first-order chi connectivity index (χ1) is 6.90. The Bertz CT molecular complexity index is 189. The van der Waals surface area contributed by atoms with E-state index < -0.39 is 0 Å². The van der Waals surface area contributed by atoms with E-state index in [1.807, 2.05) is 0 Å². The maximum absolute atomic E-state index is 5.83. The van der Waals surface area contributed by atoms with Crippen LogP contribution < -0.4 is 5.73 Å². The van der Waals surface area contributed by atoms with Crippen LogP contribution in [-0.4, -0.2) is 43.8 Å². The zero-order valence-electron chi connectivity index (χ0n) is 10.6. The van der Waals surface area contributed by atoms with E-state index in [-0.39, 0.29) is 0 Å². The van der Waals surface area contributed by atoms with Gasteiger partial charge in [-0.3, -0.25) is 0 Å². The minimum Gasteiger partial charge on any atom is -0.372 e. The molecule has 2 atom stereocenters. The molecule has 3 nitrogen and oxygen atoms in total. The molecule has 1 saturated heterocycles. The highest BCUT2D eigenvalue weighted by Gasteiger charge is 2.25. The molecule has 1 rings (SSSR count). The average Bonchev–Trinajstić information content (AvgIpc) is 2.48. The van der Waals surface area contributed by atoms with Gasteiger partial charge in [0.25, 0.3) is 0 Å². The summed E-state index contributed by atoms with van der Waals surface area (Å²) in [5.41, 5.74) is 5.95. The Morgan fingerprint density at radius 3 is 2.33 bits per heavy atom. The van der Waals surface area contributed by atoms with E-state index in [4.69, 9.17) is 10.5 Å². The lowest BCUT2D eigenvalue weighted by Crippen LogP contribution is -2.35. The lowest BCUT2D eigenvalue weighted by Gasteiger charge is -2.28. The third-order valence-electron chi connectivity index (χ3n) is 2.72. The SMILES string of the molecule is CN(CC1CCC(CN)O1)CC(C)(C)C. The Kier molecular flexibility index (Phi) is 4.56. The van der Waals surface area contributed by atoms with Crippen molar-refractivity contribution >= 4 is 0 Å². The van der Waals surface area contributed by atoms with E-state index in [9.17, 15) is 0 Å². The molecule has 1 aliphatic rings. The molecule has 1 heterocycles. The number of nitrogens with zero attached hydrogens (tertiary/aromatic N) is 1. The highest BCUT2D eigenvalue weighted by molar-refractivity contribution is 4.77. The smallest absolute Gasteiger partial charge is 0.0707 e. The van der Waals surface area contributed by atoms with Gasteiger partial charge in [0, 0.05) is 19.6 Å². The van der Waals surface area contributed by atoms with Crippen molar-refractivity contribution in [2.45, 2.75) is 45.8 Å². The predicted octanol–water partition coefficient (Wildman–Crippen LogP) is 1.47. The standard InChI is InChI=1S/C12H26N2O/c1-12(2,3)9-14(4)8-11-6-5-10(7-13)15-11/h10-11H,5-9,13H2,1-4H3. The van der Waals surface area contributed by atoms with Crippen LogP contribution in [-0.2, 0) is 4.74 Å². The molecule has 3 heteroatoms. The molecule has 0 bridgehead atoms. The molecule has 0 radical (unpaired) electrons. The average molecular weight is 214 g/mol. The number of ether oxygens (including phenoxy) is 1. The molecule has 0 amide bonds. The molecule has 0 spiro atoms. The fraction of sp³-hybridized carbons (Fsp3) is 1.00. The number of hydrogen-bond donors (Lipinski definition) is 1. The van der Waals surface area contributed by atoms with Gasteiger partial charge in [0.05, 0.1) is 12.2 Å². The molecule has 0 aliphatic carbocycles. The van der Waals surface area contributed by atoms with Gasteiger partial charge >= 0.3 is 0 Å². The molecule has 1 aliphatic heterocycles. The van der Waals surface area contributed by atoms with E-state index in [1.54, 1.807) is 0 Å². The van der Waals surface area contributed by atoms with Crippen LogP contribution in [0.2, 0.25) is 0 Å². The zero-order chi connectivity index (χ0) is 11.5. The minimum atomic E-state index is 0.304. The van der Waals surface area contributed by atoms with Gasteiger partial charge in [0.15, 0.2) is 0 Å². The van der Waals surface area contributed by atoms with Gasteiger partial charge in [0.2, 0.25) is 0 Å². The van der Waals surface area contributed by atoms with Crippen LogP contribution in [0.5, 0.6) is 0 Å². The van der Waals surface area contributed by atoms with Crippen LogP contribution in [0.1, 0.15) is 33.6 Å². The fourth-order valence-electron chi connectivity index (χ4n) is 2.31. The van der Waals surface area contributed by atoms with Crippen molar-refractivity contribution in [3.63, 3.8) is 0 Å². The van der Waals surface area contributed by atoms with Crippen LogP contribution in [0.3, 0.4) is 0 Å². The van der Waals surface area contributed by atoms with E-state index in [0.29, 0.717) is 24.2 Å². The maximum Gasteiger partial charge on any atom is 0.0707 e. The van der Waals surface area contributed by atoms with Gasteiger partial charge in [-0.05, 0) is 25.3 Å². The summed E-state index contributed by atoms with van der Waals surface area (Å²) in [4.78, 5) is 2.36. The Labute approximate surface area is 94.0 Å². The molecular weight excluding hydrogens is 188 g/mol. The fourth-order valence-corrected chi connectivity index (χ4v) is 2.31. The topological polar surface area (TPSA) is 38.5 Å². The Morgan fingerprint density at radius 2 is 1.87 bits per heavy atom. The second-order valence-corrected chi connectivity index (χ2v) is 5.95. The molecule has 0 aromatic heterocycles. The van der Waals surface area contributed by atoms with Crippen molar-refractivity contribution in [3.8, 4) is 0 Å². The zero-order valence-corrected chi connectivity index (χ0v) is 10.6. The molecule has 1 fully saturated rings. The second-order valence-electron chi connectivity index (χ2n) is 5.95. The van der Waals surface area contributed by atoms with Crippen molar-refractivity contribution in [2.24, 2.45) is 11.1 Å². The maximum atomic E-state index is 5.83. The monoisotopic (exact) mass is 214 g/mol. The summed E-state index contributed by atoms with van der Waals surface area (Å²) in [6, 6.07) is 0. The van der Waals surface area contributed by atoms with Crippen LogP contribution >= 0.6 is 0 Å². The van der Waals surface area contributed by atoms with Gasteiger partial charge in [-0.15, -0.1) is 0 Å². The Balaban J connectivity index is 2.24. The molecule has 0 aromatic carbocycles. The lowest BCUT2D eigenvalue weighted by atomic mass is 9.96. The quantitative estimate of drug-likeness (QED) is 0.770. The van der Waals surface area contributed by atoms with Crippen molar-refractivity contribution < 1.29 is 4.74 Å². The molecule has 15 heavy (non-hydrogen) atoms.